The number of nitrogens with zero attached hydrogens (tertiary/aromatic N) is 2. The van der Waals surface area contributed by atoms with E-state index in [4.69, 9.17) is 17.2 Å². The van der Waals surface area contributed by atoms with E-state index >= 15 is 0 Å². The Labute approximate surface area is 453 Å². The van der Waals surface area contributed by atoms with E-state index in [1.54, 1.807) is 0 Å². The molecular weight excluding hydrogens is 975 g/mol. The van der Waals surface area contributed by atoms with E-state index in [1.807, 2.05) is 27.7 Å². The molecule has 0 aromatic carbocycles. The molecule has 1 rings (SSSR count). The number of nitrogens with one attached hydrogen (secondary N) is 8. The quantitative estimate of drug-likeness (QED) is 0.0253. The lowest BCUT2D eigenvalue weighted by Crippen LogP contribution is -2.60. The number of aromatic nitrogens is 2. The predicted octanol–water partition coefficient (Wildman–Crippen LogP) is 3.45. The van der Waals surface area contributed by atoms with Crippen molar-refractivity contribution in [1.82, 2.24) is 47.2 Å². The number of H-pyrrole nitrogens is 1. The van der Waals surface area contributed by atoms with Gasteiger partial charge in [-0.3, -0.25) is 33.8 Å². The monoisotopic (exact) mass is 1080 g/mol. The topological polar surface area (TPSA) is 363 Å². The van der Waals surface area contributed by atoms with Gasteiger partial charge in [-0.25, -0.2) is 9.78 Å². The lowest BCUT2D eigenvalue weighted by atomic mass is 9.99. The van der Waals surface area contributed by atoms with Crippen LogP contribution in [0.2, 0.25) is 0 Å². The largest absolute Gasteiger partial charge is 0.480 e. The lowest BCUT2D eigenvalue weighted by molar-refractivity contribution is -0.143. The predicted molar refractivity (Wildman–Crippen MR) is 297 cm³/mol. The zero-order valence-corrected chi connectivity index (χ0v) is 46.9. The molecule has 0 fully saturated rings. The fourth-order valence-corrected chi connectivity index (χ4v) is 8.73. The van der Waals surface area contributed by atoms with Crippen LogP contribution >= 0.6 is 0 Å². The van der Waals surface area contributed by atoms with E-state index in [9.17, 15) is 43.8 Å². The zero-order valence-electron chi connectivity index (χ0n) is 46.9. The summed E-state index contributed by atoms with van der Waals surface area (Å²) in [4.78, 5) is 105. The van der Waals surface area contributed by atoms with Gasteiger partial charge in [-0.2, -0.15) is 0 Å². The Morgan fingerprint density at radius 2 is 1.01 bits per heavy atom. The van der Waals surface area contributed by atoms with Gasteiger partial charge in [-0.05, 0) is 76.3 Å². The van der Waals surface area contributed by atoms with Gasteiger partial charge in [-0.15, -0.1) is 0 Å². The number of amides is 6. The third-order valence-electron chi connectivity index (χ3n) is 13.0. The second-order valence-corrected chi connectivity index (χ2v) is 21.1. The average Bonchev–Trinajstić information content (AvgIpc) is 3.89. The van der Waals surface area contributed by atoms with Crippen molar-refractivity contribution in [2.45, 2.75) is 231 Å². The maximum atomic E-state index is 14.2. The number of hydrogen-bond acceptors (Lipinski definition) is 12. The molecule has 16 N–H and O–H groups in total. The number of carbonyl (C=O) groups excluding carboxylic acids is 6. The number of rotatable bonds is 47. The third-order valence-corrected chi connectivity index (χ3v) is 13.0. The number of carboxylic acids is 1. The van der Waals surface area contributed by atoms with Crippen molar-refractivity contribution in [3.05, 3.63) is 18.2 Å². The molecule has 22 nitrogen and oxygen atoms in total. The number of aliphatic imine (C=N–C) groups is 1. The van der Waals surface area contributed by atoms with Crippen LogP contribution in [0.1, 0.15) is 194 Å². The Balaban J connectivity index is 2.99. The van der Waals surface area contributed by atoms with E-state index in [-0.39, 0.29) is 75.4 Å². The first-order chi connectivity index (χ1) is 36.4. The smallest absolute Gasteiger partial charge is 0.328 e. The van der Waals surface area contributed by atoms with E-state index < -0.39 is 78.4 Å². The lowest BCUT2D eigenvalue weighted by Gasteiger charge is -2.28. The minimum absolute atomic E-state index is 0.00887. The summed E-state index contributed by atoms with van der Waals surface area (Å²) in [6.45, 7) is 10.1. The fourth-order valence-electron chi connectivity index (χ4n) is 8.73. The first-order valence-electron chi connectivity index (χ1n) is 28.5. The second kappa shape index (κ2) is 42.7. The highest BCUT2D eigenvalue weighted by molar-refractivity contribution is 5.97. The fraction of sp³-hybridized carbons (Fsp3) is 0.796. The highest BCUT2D eigenvalue weighted by atomic mass is 16.4. The van der Waals surface area contributed by atoms with Crippen molar-refractivity contribution in [1.29, 1.82) is 0 Å². The Hall–Kier alpha value is -5.35. The number of carboxylic acid groups (broad SMARTS) is 1. The van der Waals surface area contributed by atoms with Crippen molar-refractivity contribution in [3.8, 4) is 0 Å². The molecular formula is C54H101N13O9. The number of nitrogens with two attached hydrogens (primary N) is 3. The Kier molecular flexibility index (Phi) is 38.6. The van der Waals surface area contributed by atoms with E-state index in [1.165, 1.54) is 102 Å². The molecule has 0 bridgehead atoms. The molecule has 0 radical (unpaired) electrons. The van der Waals surface area contributed by atoms with Gasteiger partial charge in [0.25, 0.3) is 0 Å². The summed E-state index contributed by atoms with van der Waals surface area (Å²) in [5, 5.41) is 38.2. The maximum absolute atomic E-state index is 14.2. The molecule has 0 saturated carbocycles. The molecule has 6 atom stereocenters. The van der Waals surface area contributed by atoms with Crippen LogP contribution in [-0.4, -0.2) is 137 Å². The first kappa shape index (κ1) is 68.7. The molecule has 1 heterocycles. The molecule has 0 spiro atoms. The second-order valence-electron chi connectivity index (χ2n) is 21.1. The summed E-state index contributed by atoms with van der Waals surface area (Å²) in [6.07, 6.45) is 26.2. The minimum atomic E-state index is -1.66. The molecule has 436 valence electrons. The molecule has 0 aliphatic carbocycles. The van der Waals surface area contributed by atoms with Crippen LogP contribution in [0.25, 0.3) is 0 Å². The van der Waals surface area contributed by atoms with Gasteiger partial charge in [0, 0.05) is 24.9 Å². The number of carbonyl (C=O) groups is 7. The molecule has 1 aromatic heterocycles. The summed E-state index contributed by atoms with van der Waals surface area (Å²) in [7, 11) is 0. The first-order valence-corrected chi connectivity index (χ1v) is 28.5. The average molecular weight is 1080 g/mol. The zero-order chi connectivity index (χ0) is 56.5. The summed E-state index contributed by atoms with van der Waals surface area (Å²) >= 11 is 0. The number of aliphatic carboxylic acids is 1. The minimum Gasteiger partial charge on any atom is -0.480 e. The number of guanidine groups is 1. The van der Waals surface area contributed by atoms with Crippen LogP contribution in [0.15, 0.2) is 17.5 Å². The SMILES string of the molecule is CCCCCCCCCCCCCCCCCCCNCC(=O)N[C@@H](CC(C)C)C(=O)N[C@@H](CC(C)C)C(=O)N[C@@H](CCCN=C(N)N)C(=O)N[C@H](CCCCN)C(=O)N[C@@H](Cc1cnc[nH]1)C(=O)N[C@@H](CO)C(=O)O. The van der Waals surface area contributed by atoms with Gasteiger partial charge in [0.1, 0.15) is 36.3 Å². The summed E-state index contributed by atoms with van der Waals surface area (Å²) < 4.78 is 0. The molecule has 6 amide bonds. The summed E-state index contributed by atoms with van der Waals surface area (Å²) in [5.41, 5.74) is 17.3. The van der Waals surface area contributed by atoms with Crippen molar-refractivity contribution >= 4 is 47.4 Å². The molecule has 0 saturated heterocycles. The van der Waals surface area contributed by atoms with Crippen LogP contribution in [-0.2, 0) is 40.0 Å². The van der Waals surface area contributed by atoms with Crippen molar-refractivity contribution in [2.75, 3.05) is 32.8 Å². The highest BCUT2D eigenvalue weighted by Gasteiger charge is 2.34. The molecule has 0 unspecified atom stereocenters. The standard InChI is InChI=1S/C54H101N13O9/c1-6-7-8-9-10-11-12-13-14-15-16-17-18-19-20-21-24-29-58-35-47(69)62-43(31-38(2)3)50(72)65-44(32-39(4)5)51(73)64-42(27-25-30-60-54(56)57)48(70)63-41(26-22-23-28-55)49(71)66-45(33-40-34-59-37-61-40)52(74)67-46(36-68)53(75)76/h34,37-39,41-46,58,68H,6-33,35-36,55H2,1-5H3,(H,59,61)(H,62,69)(H,63,70)(H,64,73)(H,65,72)(H,66,71)(H,67,74)(H,75,76)(H4,56,57,60)/t41-,42+,43+,44+,45+,46+/m1/s1. The van der Waals surface area contributed by atoms with Gasteiger partial charge in [-0.1, -0.05) is 137 Å². The number of unbranched alkanes of at least 4 members (excludes halogenated alkanes) is 17. The summed E-state index contributed by atoms with van der Waals surface area (Å²) in [5.74, 6) is -5.77. The van der Waals surface area contributed by atoms with Gasteiger partial charge < -0.3 is 69.6 Å². The number of aromatic amines is 1. The van der Waals surface area contributed by atoms with E-state index in [0.717, 1.165) is 19.3 Å². The molecule has 0 aliphatic heterocycles. The molecule has 0 aliphatic rings. The highest BCUT2D eigenvalue weighted by Crippen LogP contribution is 2.15. The number of aliphatic hydroxyl groups excluding tert-OH is 1. The van der Waals surface area contributed by atoms with Crippen molar-refractivity contribution in [2.24, 2.45) is 34.0 Å². The molecule has 1 aromatic rings. The number of hydrogen-bond donors (Lipinski definition) is 13. The van der Waals surface area contributed by atoms with Gasteiger partial charge in [0.05, 0.1) is 19.5 Å². The third kappa shape index (κ3) is 33.6. The van der Waals surface area contributed by atoms with Crippen LogP contribution in [0.3, 0.4) is 0 Å². The molecule has 76 heavy (non-hydrogen) atoms. The van der Waals surface area contributed by atoms with Crippen LogP contribution in [0, 0.1) is 11.8 Å². The van der Waals surface area contributed by atoms with Crippen LogP contribution < -0.4 is 54.4 Å². The van der Waals surface area contributed by atoms with E-state index in [2.05, 4.69) is 59.1 Å². The Bertz CT molecular complexity index is 1800. The van der Waals surface area contributed by atoms with E-state index in [0.29, 0.717) is 31.5 Å². The van der Waals surface area contributed by atoms with Crippen LogP contribution in [0.4, 0.5) is 0 Å². The summed E-state index contributed by atoms with van der Waals surface area (Å²) in [6, 6.07) is -7.62. The normalized spacial score (nSPS) is 13.7. The van der Waals surface area contributed by atoms with Crippen LogP contribution in [0.5, 0.6) is 0 Å². The van der Waals surface area contributed by atoms with Crippen molar-refractivity contribution in [3.63, 3.8) is 0 Å². The Morgan fingerprint density at radius 3 is 1.46 bits per heavy atom. The van der Waals surface area contributed by atoms with Crippen molar-refractivity contribution < 1.29 is 43.8 Å². The number of imidazole rings is 1. The Morgan fingerprint density at radius 1 is 0.579 bits per heavy atom. The van der Waals surface area contributed by atoms with Gasteiger partial charge in [0.15, 0.2) is 5.96 Å². The number of aliphatic hydroxyl groups is 1. The van der Waals surface area contributed by atoms with Gasteiger partial charge >= 0.3 is 5.97 Å². The van der Waals surface area contributed by atoms with Gasteiger partial charge in [0.2, 0.25) is 35.4 Å². The maximum Gasteiger partial charge on any atom is 0.328 e. The molecule has 22 heteroatoms.